The molecule has 1 unspecified atom stereocenters. The van der Waals surface area contributed by atoms with E-state index in [-0.39, 0.29) is 23.3 Å². The summed E-state index contributed by atoms with van der Waals surface area (Å²) in [5.74, 6) is -0.103. The number of hydrogen-bond acceptors (Lipinski definition) is 4. The smallest absolute Gasteiger partial charge is 0.253 e. The van der Waals surface area contributed by atoms with Gasteiger partial charge in [-0.25, -0.2) is 4.98 Å². The minimum atomic E-state index is -0.189. The topological polar surface area (TPSA) is 62.3 Å². The van der Waals surface area contributed by atoms with Crippen LogP contribution >= 0.6 is 11.3 Å². The Hall–Kier alpha value is -2.21. The van der Waals surface area contributed by atoms with Crippen molar-refractivity contribution in [2.75, 3.05) is 11.4 Å². The van der Waals surface area contributed by atoms with Crippen LogP contribution in [-0.2, 0) is 10.2 Å². The van der Waals surface area contributed by atoms with Gasteiger partial charge in [0.1, 0.15) is 5.01 Å². The molecule has 1 aromatic carbocycles. The molecule has 1 aromatic heterocycles. The summed E-state index contributed by atoms with van der Waals surface area (Å²) in [6, 6.07) is 7.10. The molecular weight excluding hydrogens is 346 g/mol. The second kappa shape index (κ2) is 7.19. The molecule has 1 fully saturated rings. The van der Waals surface area contributed by atoms with Gasteiger partial charge in [-0.3, -0.25) is 9.59 Å². The summed E-state index contributed by atoms with van der Waals surface area (Å²) in [5, 5.41) is 5.96. The van der Waals surface area contributed by atoms with E-state index in [9.17, 15) is 9.59 Å². The fourth-order valence-electron chi connectivity index (χ4n) is 2.97. The van der Waals surface area contributed by atoms with E-state index in [4.69, 9.17) is 0 Å². The lowest BCUT2D eigenvalue weighted by Crippen LogP contribution is -2.31. The number of thiazole rings is 1. The third kappa shape index (κ3) is 3.80. The molecule has 1 aliphatic heterocycles. The summed E-state index contributed by atoms with van der Waals surface area (Å²) in [7, 11) is 0. The maximum absolute atomic E-state index is 12.8. The van der Waals surface area contributed by atoms with E-state index in [0.29, 0.717) is 24.2 Å². The van der Waals surface area contributed by atoms with Crippen LogP contribution in [0.15, 0.2) is 29.6 Å². The summed E-state index contributed by atoms with van der Waals surface area (Å²) in [5.41, 5.74) is 2.24. The molecule has 1 aliphatic rings. The molecule has 138 valence electrons. The number of carbonyl (C=O) groups is 2. The first kappa shape index (κ1) is 18.6. The number of carbonyl (C=O) groups excluding carboxylic acids is 2. The van der Waals surface area contributed by atoms with Crippen molar-refractivity contribution < 1.29 is 9.59 Å². The first-order valence-corrected chi connectivity index (χ1v) is 9.81. The van der Waals surface area contributed by atoms with Crippen molar-refractivity contribution in [1.82, 2.24) is 10.3 Å². The van der Waals surface area contributed by atoms with Gasteiger partial charge >= 0.3 is 0 Å². The highest BCUT2D eigenvalue weighted by atomic mass is 32.1. The molecule has 1 saturated heterocycles. The molecule has 0 aliphatic carbocycles. The molecule has 1 N–H and O–H groups in total. The van der Waals surface area contributed by atoms with Crippen LogP contribution in [0.4, 0.5) is 5.69 Å². The predicted octanol–water partition coefficient (Wildman–Crippen LogP) is 4.06. The lowest BCUT2D eigenvalue weighted by Gasteiger charge is -2.20. The highest BCUT2D eigenvalue weighted by molar-refractivity contribution is 7.09. The van der Waals surface area contributed by atoms with Crippen molar-refractivity contribution >= 4 is 28.8 Å². The highest BCUT2D eigenvalue weighted by Crippen LogP contribution is 2.28. The molecule has 26 heavy (non-hydrogen) atoms. The second-order valence-corrected chi connectivity index (χ2v) is 8.57. The molecule has 2 amide bonds. The Balaban J connectivity index is 1.78. The molecule has 5 nitrogen and oxygen atoms in total. The predicted molar refractivity (Wildman–Crippen MR) is 105 cm³/mol. The Kier molecular flexibility index (Phi) is 5.14. The summed E-state index contributed by atoms with van der Waals surface area (Å²) < 4.78 is 0. The molecule has 0 spiro atoms. The fraction of sp³-hybridized carbons (Fsp3) is 0.450. The van der Waals surface area contributed by atoms with Crippen molar-refractivity contribution in [3.8, 4) is 0 Å². The van der Waals surface area contributed by atoms with Crippen molar-refractivity contribution in [3.63, 3.8) is 0 Å². The molecular formula is C20H25N3O2S. The minimum Gasteiger partial charge on any atom is -0.343 e. The number of nitrogens with zero attached hydrogens (tertiary/aromatic N) is 2. The first-order valence-electron chi connectivity index (χ1n) is 8.93. The van der Waals surface area contributed by atoms with Gasteiger partial charge < -0.3 is 10.2 Å². The van der Waals surface area contributed by atoms with E-state index in [2.05, 4.69) is 36.5 Å². The number of rotatable bonds is 4. The SMILES string of the molecule is CC(NC(=O)c1ccccc1N1CCCC1=O)c1nc(C(C)(C)C)cs1. The minimum absolute atomic E-state index is 0.0127. The van der Waals surface area contributed by atoms with Gasteiger partial charge in [0.05, 0.1) is 23.0 Å². The standard InChI is InChI=1S/C20H25N3O2S/c1-13(19-22-16(12-26-19)20(2,3)4)21-18(25)14-8-5-6-9-15(14)23-11-7-10-17(23)24/h5-6,8-9,12-13H,7,10-11H2,1-4H3,(H,21,25). The zero-order valence-electron chi connectivity index (χ0n) is 15.7. The van der Waals surface area contributed by atoms with Gasteiger partial charge in [-0.05, 0) is 25.5 Å². The van der Waals surface area contributed by atoms with Crippen LogP contribution in [0.3, 0.4) is 0 Å². The second-order valence-electron chi connectivity index (χ2n) is 7.68. The maximum atomic E-state index is 12.8. The molecule has 2 heterocycles. The monoisotopic (exact) mass is 371 g/mol. The maximum Gasteiger partial charge on any atom is 0.253 e. The first-order chi connectivity index (χ1) is 12.3. The lowest BCUT2D eigenvalue weighted by atomic mass is 9.93. The third-order valence-electron chi connectivity index (χ3n) is 4.52. The number of amides is 2. The van der Waals surface area contributed by atoms with Crippen LogP contribution in [-0.4, -0.2) is 23.3 Å². The fourth-order valence-corrected chi connectivity index (χ4v) is 4.02. The van der Waals surface area contributed by atoms with E-state index in [1.165, 1.54) is 0 Å². The molecule has 3 rings (SSSR count). The lowest BCUT2D eigenvalue weighted by molar-refractivity contribution is -0.117. The summed E-state index contributed by atoms with van der Waals surface area (Å²) in [4.78, 5) is 31.3. The van der Waals surface area contributed by atoms with Gasteiger partial charge in [0.2, 0.25) is 5.91 Å². The Morgan fingerprint density at radius 2 is 2.04 bits per heavy atom. The van der Waals surface area contributed by atoms with Crippen LogP contribution in [0.25, 0.3) is 0 Å². The van der Waals surface area contributed by atoms with E-state index >= 15 is 0 Å². The Morgan fingerprint density at radius 3 is 2.65 bits per heavy atom. The summed E-state index contributed by atoms with van der Waals surface area (Å²) in [6.45, 7) is 8.97. The Labute approximate surface area is 158 Å². The number of para-hydroxylation sites is 1. The average molecular weight is 372 g/mol. The van der Waals surface area contributed by atoms with Crippen molar-refractivity contribution in [2.45, 2.75) is 52.0 Å². The summed E-state index contributed by atoms with van der Waals surface area (Å²) in [6.07, 6.45) is 1.38. The zero-order chi connectivity index (χ0) is 18.9. The van der Waals surface area contributed by atoms with Crippen molar-refractivity contribution in [1.29, 1.82) is 0 Å². The van der Waals surface area contributed by atoms with E-state index in [0.717, 1.165) is 17.1 Å². The highest BCUT2D eigenvalue weighted by Gasteiger charge is 2.26. The number of anilines is 1. The molecule has 0 saturated carbocycles. The normalized spacial score (nSPS) is 16.0. The van der Waals surface area contributed by atoms with Crippen molar-refractivity contribution in [3.05, 3.63) is 45.9 Å². The molecule has 1 atom stereocenters. The largest absolute Gasteiger partial charge is 0.343 e. The Morgan fingerprint density at radius 1 is 1.31 bits per heavy atom. The van der Waals surface area contributed by atoms with Crippen LogP contribution in [0.1, 0.15) is 67.6 Å². The van der Waals surface area contributed by atoms with E-state index in [1.807, 2.05) is 25.1 Å². The van der Waals surface area contributed by atoms with Gasteiger partial charge in [-0.15, -0.1) is 11.3 Å². The number of aromatic nitrogens is 1. The van der Waals surface area contributed by atoms with Crippen LogP contribution in [0.2, 0.25) is 0 Å². The van der Waals surface area contributed by atoms with E-state index in [1.54, 1.807) is 22.3 Å². The summed E-state index contributed by atoms with van der Waals surface area (Å²) >= 11 is 1.56. The molecule has 2 aromatic rings. The Bertz CT molecular complexity index is 822. The van der Waals surface area contributed by atoms with Crippen LogP contribution < -0.4 is 10.2 Å². The zero-order valence-corrected chi connectivity index (χ0v) is 16.5. The number of nitrogens with one attached hydrogen (secondary N) is 1. The van der Waals surface area contributed by atoms with Crippen LogP contribution in [0.5, 0.6) is 0 Å². The van der Waals surface area contributed by atoms with Gasteiger partial charge in [-0.2, -0.15) is 0 Å². The van der Waals surface area contributed by atoms with Gasteiger partial charge in [-0.1, -0.05) is 32.9 Å². The molecule has 0 radical (unpaired) electrons. The van der Waals surface area contributed by atoms with Gasteiger partial charge in [0.25, 0.3) is 5.91 Å². The quantitative estimate of drug-likeness (QED) is 0.882. The van der Waals surface area contributed by atoms with Gasteiger partial charge in [0, 0.05) is 23.8 Å². The van der Waals surface area contributed by atoms with E-state index < -0.39 is 0 Å². The molecule has 6 heteroatoms. The van der Waals surface area contributed by atoms with Crippen molar-refractivity contribution in [2.24, 2.45) is 0 Å². The average Bonchev–Trinajstić information content (AvgIpc) is 3.23. The number of hydrogen-bond donors (Lipinski definition) is 1. The van der Waals surface area contributed by atoms with Crippen LogP contribution in [0, 0.1) is 0 Å². The van der Waals surface area contributed by atoms with Gasteiger partial charge in [0.15, 0.2) is 0 Å². The number of benzene rings is 1. The third-order valence-corrected chi connectivity index (χ3v) is 5.55. The molecule has 0 bridgehead atoms.